The number of benzene rings is 2. The van der Waals surface area contributed by atoms with Gasteiger partial charge >= 0.3 is 0 Å². The molecule has 188 valence electrons. The lowest BCUT2D eigenvalue weighted by Gasteiger charge is -2.31. The quantitative estimate of drug-likeness (QED) is 0.433. The van der Waals surface area contributed by atoms with E-state index in [0.29, 0.717) is 24.4 Å². The number of para-hydroxylation sites is 1. The highest BCUT2D eigenvalue weighted by Gasteiger charge is 2.28. The van der Waals surface area contributed by atoms with Gasteiger partial charge in [-0.3, -0.25) is 4.79 Å². The summed E-state index contributed by atoms with van der Waals surface area (Å²) in [6.45, 7) is 3.97. The van der Waals surface area contributed by atoms with Gasteiger partial charge < -0.3 is 34.5 Å². The molecule has 36 heavy (non-hydrogen) atoms. The van der Waals surface area contributed by atoms with E-state index in [-0.39, 0.29) is 18.6 Å². The Morgan fingerprint density at radius 2 is 2.06 bits per heavy atom. The highest BCUT2D eigenvalue weighted by Crippen LogP contribution is 2.39. The molecule has 0 radical (unpaired) electrons. The van der Waals surface area contributed by atoms with Crippen molar-refractivity contribution in [3.63, 3.8) is 0 Å². The molecule has 4 heterocycles. The Morgan fingerprint density at radius 1 is 1.19 bits per heavy atom. The zero-order valence-electron chi connectivity index (χ0n) is 20.8. The maximum atomic E-state index is 13.2. The van der Waals surface area contributed by atoms with Crippen LogP contribution < -0.4 is 15.4 Å². The molecule has 2 aliphatic rings. The summed E-state index contributed by atoms with van der Waals surface area (Å²) in [5, 5.41) is 10.5. The topological polar surface area (TPSA) is 102 Å². The van der Waals surface area contributed by atoms with Gasteiger partial charge in [-0.25, -0.2) is 4.98 Å². The fraction of sp³-hybridized carbons (Fsp3) is 0.407. The summed E-state index contributed by atoms with van der Waals surface area (Å²) in [5.41, 5.74) is 11.6. The first-order valence-electron chi connectivity index (χ1n) is 12.6. The summed E-state index contributed by atoms with van der Waals surface area (Å²) < 4.78 is 10.1. The minimum absolute atomic E-state index is 0.0333. The van der Waals surface area contributed by atoms with E-state index in [9.17, 15) is 9.90 Å². The SMILES string of the molecule is COc1cc(C(=O)N2CC[C@@H](N)C2)cc2nc(-c3cc4cccc5c4n3CCN5CCCO)n(C)c12. The largest absolute Gasteiger partial charge is 0.494 e. The van der Waals surface area contributed by atoms with E-state index < -0.39 is 0 Å². The van der Waals surface area contributed by atoms with Crippen LogP contribution in [0.15, 0.2) is 36.4 Å². The number of anilines is 1. The van der Waals surface area contributed by atoms with E-state index in [1.807, 2.05) is 24.1 Å². The van der Waals surface area contributed by atoms with Crippen LogP contribution in [0.5, 0.6) is 5.75 Å². The number of imidazole rings is 1. The smallest absolute Gasteiger partial charge is 0.254 e. The Hall–Kier alpha value is -3.56. The van der Waals surface area contributed by atoms with Crippen LogP contribution in [0.3, 0.4) is 0 Å². The number of fused-ring (bicyclic) bond motifs is 1. The fourth-order valence-electron chi connectivity index (χ4n) is 5.79. The molecular weight excluding hydrogens is 456 g/mol. The van der Waals surface area contributed by atoms with Gasteiger partial charge in [0.2, 0.25) is 0 Å². The van der Waals surface area contributed by atoms with E-state index in [1.165, 1.54) is 11.2 Å². The number of aryl methyl sites for hydroxylation is 1. The fourth-order valence-corrected chi connectivity index (χ4v) is 5.79. The number of aliphatic hydroxyl groups excluding tert-OH is 1. The number of amides is 1. The van der Waals surface area contributed by atoms with Crippen molar-refractivity contribution in [2.45, 2.75) is 25.4 Å². The lowest BCUT2D eigenvalue weighted by atomic mass is 10.1. The number of aromatic nitrogens is 3. The molecule has 0 saturated carbocycles. The number of rotatable bonds is 6. The van der Waals surface area contributed by atoms with E-state index >= 15 is 0 Å². The molecule has 9 nitrogen and oxygen atoms in total. The average Bonchev–Trinajstić information content (AvgIpc) is 3.58. The lowest BCUT2D eigenvalue weighted by molar-refractivity contribution is 0.0790. The van der Waals surface area contributed by atoms with Crippen LogP contribution in [-0.4, -0.2) is 76.0 Å². The third-order valence-corrected chi connectivity index (χ3v) is 7.56. The first kappa shape index (κ1) is 22.9. The number of carbonyl (C=O) groups is 1. The summed E-state index contributed by atoms with van der Waals surface area (Å²) in [7, 11) is 3.63. The average molecular weight is 489 g/mol. The molecule has 6 rings (SSSR count). The van der Waals surface area contributed by atoms with Crippen LogP contribution in [0.2, 0.25) is 0 Å². The molecule has 2 aromatic carbocycles. The maximum absolute atomic E-state index is 13.2. The van der Waals surface area contributed by atoms with Crippen molar-refractivity contribution < 1.29 is 14.6 Å². The summed E-state index contributed by atoms with van der Waals surface area (Å²) in [4.78, 5) is 22.4. The number of likely N-dealkylation sites (tertiary alicyclic amines) is 1. The molecule has 0 bridgehead atoms. The lowest BCUT2D eigenvalue weighted by Crippen LogP contribution is -2.32. The Bertz CT molecular complexity index is 1470. The first-order chi connectivity index (χ1) is 17.5. The highest BCUT2D eigenvalue weighted by molar-refractivity contribution is 6.01. The number of aliphatic hydroxyl groups is 1. The van der Waals surface area contributed by atoms with Gasteiger partial charge in [-0.2, -0.15) is 0 Å². The third kappa shape index (κ3) is 3.53. The van der Waals surface area contributed by atoms with Gasteiger partial charge in [-0.15, -0.1) is 0 Å². The van der Waals surface area contributed by atoms with Crippen LogP contribution in [0.4, 0.5) is 5.69 Å². The van der Waals surface area contributed by atoms with E-state index in [2.05, 4.69) is 38.3 Å². The molecule has 1 amide bonds. The zero-order chi connectivity index (χ0) is 25.0. The second-order valence-corrected chi connectivity index (χ2v) is 9.80. The number of ether oxygens (including phenoxy) is 1. The van der Waals surface area contributed by atoms with Gasteiger partial charge in [-0.1, -0.05) is 12.1 Å². The molecule has 2 aromatic heterocycles. The molecule has 4 aromatic rings. The summed E-state index contributed by atoms with van der Waals surface area (Å²) >= 11 is 0. The first-order valence-corrected chi connectivity index (χ1v) is 12.6. The van der Waals surface area contributed by atoms with Crippen molar-refractivity contribution in [2.75, 3.05) is 44.8 Å². The Labute approximate surface area is 209 Å². The monoisotopic (exact) mass is 488 g/mol. The molecule has 9 heteroatoms. The van der Waals surface area contributed by atoms with Crippen molar-refractivity contribution in [2.24, 2.45) is 12.8 Å². The van der Waals surface area contributed by atoms with Gasteiger partial charge in [0.05, 0.1) is 29.5 Å². The van der Waals surface area contributed by atoms with Gasteiger partial charge in [0.15, 0.2) is 5.82 Å². The molecule has 0 aliphatic carbocycles. The van der Waals surface area contributed by atoms with Gasteiger partial charge in [-0.05, 0) is 37.1 Å². The van der Waals surface area contributed by atoms with E-state index in [0.717, 1.165) is 60.4 Å². The molecular formula is C27H32N6O3. The van der Waals surface area contributed by atoms with Gasteiger partial charge in [0.1, 0.15) is 11.3 Å². The van der Waals surface area contributed by atoms with Crippen LogP contribution in [0.1, 0.15) is 23.2 Å². The van der Waals surface area contributed by atoms with Crippen LogP contribution >= 0.6 is 0 Å². The summed E-state index contributed by atoms with van der Waals surface area (Å²) in [6, 6.07) is 12.3. The van der Waals surface area contributed by atoms with Crippen molar-refractivity contribution in [1.82, 2.24) is 19.0 Å². The molecule has 2 aliphatic heterocycles. The van der Waals surface area contributed by atoms with Crippen molar-refractivity contribution in [1.29, 1.82) is 0 Å². The van der Waals surface area contributed by atoms with Crippen LogP contribution in [0.25, 0.3) is 33.5 Å². The number of nitrogens with two attached hydrogens (primary N) is 1. The second kappa shape index (κ2) is 8.83. The summed E-state index contributed by atoms with van der Waals surface area (Å²) in [5.74, 6) is 1.43. The zero-order valence-corrected chi connectivity index (χ0v) is 20.8. The standard InChI is InChI=1S/C27H32N6O3/c1-30-25-20(13-18(15-23(25)36-2)27(35)32-9-7-19(28)16-32)29-26(30)22-14-17-5-3-6-21-24(17)33(22)11-10-31(21)8-4-12-34/h3,5-6,13-15,19,34H,4,7-12,16,28H2,1-2H3/t19-/m1/s1. The third-order valence-electron chi connectivity index (χ3n) is 7.56. The van der Waals surface area contributed by atoms with E-state index in [1.54, 1.807) is 7.11 Å². The molecule has 1 atom stereocenters. The van der Waals surface area contributed by atoms with Crippen molar-refractivity contribution >= 4 is 33.5 Å². The highest BCUT2D eigenvalue weighted by atomic mass is 16.5. The second-order valence-electron chi connectivity index (χ2n) is 9.80. The minimum atomic E-state index is -0.0357. The minimum Gasteiger partial charge on any atom is -0.494 e. The predicted molar refractivity (Wildman–Crippen MR) is 141 cm³/mol. The Balaban J connectivity index is 1.46. The number of nitrogens with zero attached hydrogens (tertiary/aromatic N) is 5. The van der Waals surface area contributed by atoms with Crippen LogP contribution in [-0.2, 0) is 13.6 Å². The molecule has 1 fully saturated rings. The van der Waals surface area contributed by atoms with E-state index in [4.69, 9.17) is 15.5 Å². The number of hydrogen-bond donors (Lipinski definition) is 2. The van der Waals surface area contributed by atoms with Gasteiger partial charge in [0, 0.05) is 63.4 Å². The Morgan fingerprint density at radius 3 is 2.81 bits per heavy atom. The van der Waals surface area contributed by atoms with Gasteiger partial charge in [0.25, 0.3) is 5.91 Å². The Kier molecular flexibility index (Phi) is 5.61. The summed E-state index contributed by atoms with van der Waals surface area (Å²) in [6.07, 6.45) is 1.57. The number of methoxy groups -OCH3 is 1. The van der Waals surface area contributed by atoms with Crippen molar-refractivity contribution in [3.8, 4) is 17.3 Å². The molecule has 0 spiro atoms. The molecule has 1 saturated heterocycles. The molecule has 3 N–H and O–H groups in total. The van der Waals surface area contributed by atoms with Crippen LogP contribution in [0, 0.1) is 0 Å². The normalized spacial score (nSPS) is 17.5. The maximum Gasteiger partial charge on any atom is 0.254 e. The number of carbonyl (C=O) groups excluding carboxylic acids is 1. The van der Waals surface area contributed by atoms with Crippen molar-refractivity contribution in [3.05, 3.63) is 42.0 Å². The molecule has 0 unspecified atom stereocenters. The predicted octanol–water partition coefficient (Wildman–Crippen LogP) is 2.58. The number of hydrogen-bond acceptors (Lipinski definition) is 6.